The molecular formula is C67H43N7O2. The third-order valence-electron chi connectivity index (χ3n) is 13.6. The van der Waals surface area contributed by atoms with E-state index in [0.717, 1.165) is 113 Å². The van der Waals surface area contributed by atoms with Crippen LogP contribution in [0.2, 0.25) is 0 Å². The molecule has 0 saturated heterocycles. The maximum Gasteiger partial charge on any atom is 0.164 e. The Hall–Kier alpha value is -10.5. The average Bonchev–Trinajstić information content (AvgIpc) is 3.50. The molecule has 12 aromatic rings. The fourth-order valence-corrected chi connectivity index (χ4v) is 10.1. The number of ether oxygens (including phenoxy) is 2. The molecule has 9 nitrogen and oxygen atoms in total. The van der Waals surface area contributed by atoms with Crippen LogP contribution in [0.25, 0.3) is 79.2 Å². The van der Waals surface area contributed by atoms with Crippen molar-refractivity contribution in [1.82, 2.24) is 24.9 Å². The molecule has 0 unspecified atom stereocenters. The van der Waals surface area contributed by atoms with Crippen molar-refractivity contribution in [2.75, 3.05) is 9.80 Å². The fourth-order valence-electron chi connectivity index (χ4n) is 10.1. The normalized spacial score (nSPS) is 12.1. The van der Waals surface area contributed by atoms with E-state index in [1.54, 1.807) is 0 Å². The summed E-state index contributed by atoms with van der Waals surface area (Å²) >= 11 is 0. The molecule has 9 heteroatoms. The zero-order valence-corrected chi connectivity index (χ0v) is 40.8. The van der Waals surface area contributed by atoms with Gasteiger partial charge < -0.3 is 19.3 Å². The second kappa shape index (κ2) is 18.8. The highest BCUT2D eigenvalue weighted by Gasteiger charge is 2.30. The van der Waals surface area contributed by atoms with E-state index in [9.17, 15) is 0 Å². The molecule has 0 N–H and O–H groups in total. The largest absolute Gasteiger partial charge is 0.453 e. The van der Waals surface area contributed by atoms with Crippen molar-refractivity contribution in [2.24, 2.45) is 0 Å². The number of anilines is 6. The van der Waals surface area contributed by atoms with Crippen LogP contribution in [0.4, 0.5) is 34.1 Å². The molecule has 0 spiro atoms. The smallest absolute Gasteiger partial charge is 0.164 e. The lowest BCUT2D eigenvalue weighted by Gasteiger charge is -2.36. The van der Waals surface area contributed by atoms with Gasteiger partial charge in [-0.05, 0) is 102 Å². The summed E-state index contributed by atoms with van der Waals surface area (Å²) in [7, 11) is 0. The predicted octanol–water partition coefficient (Wildman–Crippen LogP) is 17.5. The Morgan fingerprint density at radius 1 is 0.224 bits per heavy atom. The van der Waals surface area contributed by atoms with Gasteiger partial charge in [0.05, 0.1) is 34.1 Å². The van der Waals surface area contributed by atoms with Crippen molar-refractivity contribution < 1.29 is 9.47 Å². The number of rotatable bonds is 9. The summed E-state index contributed by atoms with van der Waals surface area (Å²) < 4.78 is 13.2. The molecule has 0 aliphatic carbocycles. The molecule has 4 heterocycles. The zero-order valence-electron chi connectivity index (χ0n) is 40.8. The lowest BCUT2D eigenvalue weighted by molar-refractivity contribution is 0.477. The van der Waals surface area contributed by atoms with Gasteiger partial charge >= 0.3 is 0 Å². The predicted molar refractivity (Wildman–Crippen MR) is 303 cm³/mol. The van der Waals surface area contributed by atoms with E-state index in [0.29, 0.717) is 23.3 Å². The first kappa shape index (κ1) is 44.2. The van der Waals surface area contributed by atoms with E-state index in [4.69, 9.17) is 34.4 Å². The molecule has 358 valence electrons. The highest BCUT2D eigenvalue weighted by atomic mass is 16.5. The average molecular weight is 978 g/mol. The van der Waals surface area contributed by atoms with Crippen molar-refractivity contribution in [3.63, 3.8) is 0 Å². The van der Waals surface area contributed by atoms with Gasteiger partial charge in [-0.25, -0.2) is 24.9 Å². The van der Waals surface area contributed by atoms with Crippen molar-refractivity contribution in [3.8, 4) is 102 Å². The Bertz CT molecular complexity index is 3670. The first-order valence-electron chi connectivity index (χ1n) is 25.1. The Kier molecular flexibility index (Phi) is 11.0. The first-order chi connectivity index (χ1) is 37.6. The third-order valence-corrected chi connectivity index (χ3v) is 13.6. The van der Waals surface area contributed by atoms with Gasteiger partial charge in [-0.1, -0.05) is 170 Å². The molecule has 0 atom stereocenters. The van der Waals surface area contributed by atoms with Crippen LogP contribution >= 0.6 is 0 Å². The molecule has 10 aromatic carbocycles. The molecule has 0 amide bonds. The number of benzene rings is 10. The summed E-state index contributed by atoms with van der Waals surface area (Å²) in [6.45, 7) is 0. The molecule has 76 heavy (non-hydrogen) atoms. The van der Waals surface area contributed by atoms with E-state index >= 15 is 0 Å². The first-order valence-corrected chi connectivity index (χ1v) is 25.1. The minimum absolute atomic E-state index is 0.502. The lowest BCUT2D eigenvalue weighted by atomic mass is 9.96. The third kappa shape index (κ3) is 8.24. The zero-order chi connectivity index (χ0) is 50.4. The van der Waals surface area contributed by atoms with Crippen molar-refractivity contribution in [3.05, 3.63) is 261 Å². The van der Waals surface area contributed by atoms with Crippen LogP contribution in [-0.4, -0.2) is 24.9 Å². The second-order valence-corrected chi connectivity index (χ2v) is 18.5. The van der Waals surface area contributed by atoms with Gasteiger partial charge in [-0.15, -0.1) is 0 Å². The van der Waals surface area contributed by atoms with Crippen molar-refractivity contribution >= 4 is 34.1 Å². The van der Waals surface area contributed by atoms with E-state index < -0.39 is 0 Å². The van der Waals surface area contributed by atoms with Crippen LogP contribution in [0, 0.1) is 0 Å². The van der Waals surface area contributed by atoms with E-state index in [1.807, 2.05) is 170 Å². The summed E-state index contributed by atoms with van der Waals surface area (Å²) in [4.78, 5) is 30.9. The van der Waals surface area contributed by atoms with E-state index in [2.05, 4.69) is 101 Å². The number of aromatic nitrogens is 5. The van der Waals surface area contributed by atoms with Gasteiger partial charge in [0.15, 0.2) is 46.3 Å². The molecule has 2 aliphatic heterocycles. The SMILES string of the molecule is c1ccc(-c2cc(-c3ccccc3)nc(-c3cc(-c4cc(N5c6ccccc6Oc6ccccc65)cc(N5c6ccccc6Oc6ccccc65)c4)cc(-c4nc(-c5ccccc5)nc(-c5ccccc5)n4)c3)n2)cc1. The standard InChI is InChI=1S/C67H43N7O2/c1-5-21-44(22-6-1)54-43-55(45-23-7-2-8-24-45)69-66(68-54)50-37-48(38-51(39-50)67-71-64(46-25-9-3-10-26-46)70-65(72-67)47-27-11-4-12-28-47)49-40-52(73-56-29-13-17-33-60(56)75-61-34-18-14-30-57(61)73)42-53(41-49)74-58-31-15-19-35-62(58)76-63-36-20-16-32-59(63)74/h1-43H. The number of hydrogen-bond donors (Lipinski definition) is 0. The van der Waals surface area contributed by atoms with Gasteiger partial charge in [0.2, 0.25) is 0 Å². The van der Waals surface area contributed by atoms with Crippen LogP contribution in [0.3, 0.4) is 0 Å². The maximum atomic E-state index is 6.58. The van der Waals surface area contributed by atoms with Gasteiger partial charge in [0.25, 0.3) is 0 Å². The van der Waals surface area contributed by atoms with Crippen LogP contribution in [0.1, 0.15) is 0 Å². The van der Waals surface area contributed by atoms with Crippen LogP contribution in [-0.2, 0) is 0 Å². The quantitative estimate of drug-likeness (QED) is 0.140. The Morgan fingerprint density at radius 2 is 0.513 bits per heavy atom. The van der Waals surface area contributed by atoms with Gasteiger partial charge in [0.1, 0.15) is 0 Å². The maximum absolute atomic E-state index is 6.58. The minimum atomic E-state index is 0.502. The number of nitrogens with zero attached hydrogens (tertiary/aromatic N) is 7. The van der Waals surface area contributed by atoms with Crippen molar-refractivity contribution in [1.29, 1.82) is 0 Å². The van der Waals surface area contributed by atoms with E-state index in [-0.39, 0.29) is 0 Å². The molecular weight excluding hydrogens is 935 g/mol. The minimum Gasteiger partial charge on any atom is -0.453 e. The summed E-state index contributed by atoms with van der Waals surface area (Å²) in [6, 6.07) is 88.6. The Labute approximate surface area is 439 Å². The van der Waals surface area contributed by atoms with Gasteiger partial charge in [-0.2, -0.15) is 0 Å². The summed E-state index contributed by atoms with van der Waals surface area (Å²) in [5, 5.41) is 0. The monoisotopic (exact) mass is 977 g/mol. The topological polar surface area (TPSA) is 89.4 Å². The van der Waals surface area contributed by atoms with Crippen LogP contribution in [0.15, 0.2) is 261 Å². The molecule has 2 aliphatic rings. The van der Waals surface area contributed by atoms with Gasteiger partial charge in [0, 0.05) is 44.8 Å². The second-order valence-electron chi connectivity index (χ2n) is 18.5. The van der Waals surface area contributed by atoms with Crippen LogP contribution in [0.5, 0.6) is 23.0 Å². The Balaban J connectivity index is 1.06. The summed E-state index contributed by atoms with van der Waals surface area (Å²) in [5.74, 6) is 5.18. The summed E-state index contributed by atoms with van der Waals surface area (Å²) in [6.07, 6.45) is 0. The molecule has 0 fully saturated rings. The molecule has 14 rings (SSSR count). The Morgan fingerprint density at radius 3 is 0.895 bits per heavy atom. The molecule has 0 bridgehead atoms. The summed E-state index contributed by atoms with van der Waals surface area (Å²) in [5.41, 5.74) is 14.1. The van der Waals surface area contributed by atoms with Crippen molar-refractivity contribution in [2.45, 2.75) is 0 Å². The van der Waals surface area contributed by atoms with E-state index in [1.165, 1.54) is 0 Å². The van der Waals surface area contributed by atoms with Crippen LogP contribution < -0.4 is 19.3 Å². The highest BCUT2D eigenvalue weighted by Crippen LogP contribution is 2.55. The fraction of sp³-hybridized carbons (Fsp3) is 0. The highest BCUT2D eigenvalue weighted by molar-refractivity contribution is 5.94. The number of para-hydroxylation sites is 8. The lowest BCUT2D eigenvalue weighted by Crippen LogP contribution is -2.18. The number of hydrogen-bond acceptors (Lipinski definition) is 9. The molecule has 0 saturated carbocycles. The van der Waals surface area contributed by atoms with Gasteiger partial charge in [-0.3, -0.25) is 0 Å². The number of fused-ring (bicyclic) bond motifs is 4. The molecule has 2 aromatic heterocycles. The molecule has 0 radical (unpaired) electrons.